The minimum absolute atomic E-state index is 0.0261. The zero-order valence-corrected chi connectivity index (χ0v) is 24.5. The maximum Gasteiger partial charge on any atom is 0.251 e. The quantitative estimate of drug-likeness (QED) is 0.323. The molecule has 0 bridgehead atoms. The van der Waals surface area contributed by atoms with Gasteiger partial charge in [0, 0.05) is 50.9 Å². The highest BCUT2D eigenvalue weighted by molar-refractivity contribution is 7.22. The van der Waals surface area contributed by atoms with E-state index in [-0.39, 0.29) is 10.9 Å². The van der Waals surface area contributed by atoms with Crippen LogP contribution in [0.2, 0.25) is 23.2 Å². The van der Waals surface area contributed by atoms with Crippen LogP contribution < -0.4 is 10.2 Å². The van der Waals surface area contributed by atoms with Crippen molar-refractivity contribution < 1.29 is 9.22 Å². The molecule has 1 aromatic carbocycles. The van der Waals surface area contributed by atoms with Crippen LogP contribution >= 0.6 is 22.9 Å². The zero-order chi connectivity index (χ0) is 25.2. The van der Waals surface area contributed by atoms with Crippen LogP contribution in [0.25, 0.3) is 10.2 Å². The third-order valence-electron chi connectivity index (χ3n) is 7.92. The number of nitrogens with one attached hydrogen (secondary N) is 1. The number of fused-ring (bicyclic) bond motifs is 1. The van der Waals surface area contributed by atoms with Gasteiger partial charge in [0.15, 0.2) is 13.4 Å². The third kappa shape index (κ3) is 6.58. The van der Waals surface area contributed by atoms with Gasteiger partial charge in [0.1, 0.15) is 5.52 Å². The Morgan fingerprint density at radius 1 is 1.20 bits per heavy atom. The van der Waals surface area contributed by atoms with E-state index in [4.69, 9.17) is 21.0 Å². The Labute approximate surface area is 220 Å². The van der Waals surface area contributed by atoms with Crippen LogP contribution in [0.5, 0.6) is 0 Å². The minimum atomic E-state index is -1.66. The molecule has 0 atom stereocenters. The molecule has 0 spiro atoms. The lowest BCUT2D eigenvalue weighted by Gasteiger charge is -2.37. The summed E-state index contributed by atoms with van der Waals surface area (Å²) in [4.78, 5) is 22.5. The van der Waals surface area contributed by atoms with Crippen LogP contribution in [0.1, 0.15) is 63.2 Å². The second-order valence-electron chi connectivity index (χ2n) is 11.5. The molecular weight excluding hydrogens is 496 g/mol. The van der Waals surface area contributed by atoms with E-state index >= 15 is 0 Å². The summed E-state index contributed by atoms with van der Waals surface area (Å²) in [5, 5.41) is 4.98. The standard InChI is InChI=1S/C26H41ClN4O2SSi/c1-26(2,3)35(4,5)33-16-8-11-30-12-14-31(15-13-30)25-29-23-21(27)17-19(18-22(23)34-25)24(32)28-20-9-6-7-10-20/h17-18,20H,6-16H2,1-5H3,(H,28,32). The first kappa shape index (κ1) is 26.9. The molecule has 2 aromatic rings. The first-order valence-electron chi connectivity index (χ1n) is 13.1. The Kier molecular flexibility index (Phi) is 8.48. The summed E-state index contributed by atoms with van der Waals surface area (Å²) < 4.78 is 7.32. The SMILES string of the molecule is CC(C)(C)[Si](C)(C)OCCCN1CCN(c2nc3c(Cl)cc(C(=O)NC4CCCC4)cc3s2)CC1. The van der Waals surface area contributed by atoms with Gasteiger partial charge in [-0.25, -0.2) is 4.98 Å². The number of halogens is 1. The number of anilines is 1. The molecule has 35 heavy (non-hydrogen) atoms. The van der Waals surface area contributed by atoms with Gasteiger partial charge in [-0.3, -0.25) is 9.69 Å². The monoisotopic (exact) mass is 536 g/mol. The van der Waals surface area contributed by atoms with E-state index in [1.54, 1.807) is 17.4 Å². The Morgan fingerprint density at radius 2 is 1.89 bits per heavy atom. The second-order valence-corrected chi connectivity index (χ2v) is 17.8. The van der Waals surface area contributed by atoms with Gasteiger partial charge >= 0.3 is 0 Å². The predicted molar refractivity (Wildman–Crippen MR) is 151 cm³/mol. The van der Waals surface area contributed by atoms with E-state index in [2.05, 4.69) is 49.0 Å². The molecule has 2 fully saturated rings. The van der Waals surface area contributed by atoms with E-state index in [1.807, 2.05) is 6.07 Å². The Balaban J connectivity index is 1.29. The molecule has 0 radical (unpaired) electrons. The summed E-state index contributed by atoms with van der Waals surface area (Å²) in [7, 11) is -1.66. The number of carbonyl (C=O) groups excluding carboxylic acids is 1. The van der Waals surface area contributed by atoms with Crippen molar-refractivity contribution >= 4 is 52.5 Å². The van der Waals surface area contributed by atoms with Crippen LogP contribution in [-0.2, 0) is 4.43 Å². The average molecular weight is 537 g/mol. The smallest absolute Gasteiger partial charge is 0.251 e. The number of benzene rings is 1. The normalized spacial score (nSPS) is 18.5. The van der Waals surface area contributed by atoms with Crippen molar-refractivity contribution in [3.8, 4) is 0 Å². The van der Waals surface area contributed by atoms with Crippen molar-refractivity contribution in [2.24, 2.45) is 0 Å². The van der Waals surface area contributed by atoms with E-state index < -0.39 is 8.32 Å². The zero-order valence-electron chi connectivity index (χ0n) is 22.0. The fourth-order valence-corrected chi connectivity index (χ4v) is 7.07. The van der Waals surface area contributed by atoms with Gasteiger partial charge in [0.25, 0.3) is 5.91 Å². The van der Waals surface area contributed by atoms with Gasteiger partial charge in [0.2, 0.25) is 0 Å². The summed E-state index contributed by atoms with van der Waals surface area (Å²) in [5.74, 6) is -0.0261. The Bertz CT molecular complexity index is 1020. The van der Waals surface area contributed by atoms with E-state index in [0.717, 1.165) is 73.9 Å². The third-order valence-corrected chi connectivity index (χ3v) is 13.8. The number of piperazine rings is 1. The fourth-order valence-electron chi connectivity index (χ4n) is 4.58. The Hall–Kier alpha value is -1.19. The van der Waals surface area contributed by atoms with Crippen LogP contribution in [-0.4, -0.2) is 69.5 Å². The number of nitrogens with zero attached hydrogens (tertiary/aromatic N) is 3. The molecule has 2 heterocycles. The lowest BCUT2D eigenvalue weighted by Crippen LogP contribution is -2.47. The average Bonchev–Trinajstić information content (AvgIpc) is 3.46. The summed E-state index contributed by atoms with van der Waals surface area (Å²) >= 11 is 8.19. The van der Waals surface area contributed by atoms with Gasteiger partial charge in [-0.15, -0.1) is 0 Å². The number of rotatable bonds is 8. The molecule has 194 valence electrons. The molecule has 1 amide bonds. The van der Waals surface area contributed by atoms with Crippen molar-refractivity contribution in [1.29, 1.82) is 0 Å². The highest BCUT2D eigenvalue weighted by Crippen LogP contribution is 2.37. The van der Waals surface area contributed by atoms with Crippen molar-refractivity contribution in [3.05, 3.63) is 22.7 Å². The van der Waals surface area contributed by atoms with Crippen molar-refractivity contribution in [1.82, 2.24) is 15.2 Å². The fraction of sp³-hybridized carbons (Fsp3) is 0.692. The van der Waals surface area contributed by atoms with E-state index in [0.29, 0.717) is 16.6 Å². The van der Waals surface area contributed by atoms with Crippen LogP contribution in [0.3, 0.4) is 0 Å². The molecule has 1 saturated carbocycles. The largest absolute Gasteiger partial charge is 0.417 e. The first-order chi connectivity index (χ1) is 16.5. The molecule has 1 aromatic heterocycles. The van der Waals surface area contributed by atoms with Crippen molar-refractivity contribution in [3.63, 3.8) is 0 Å². The van der Waals surface area contributed by atoms with Crippen LogP contribution in [0.15, 0.2) is 12.1 Å². The molecule has 1 N–H and O–H groups in total. The van der Waals surface area contributed by atoms with Crippen LogP contribution in [0, 0.1) is 0 Å². The second kappa shape index (κ2) is 11.0. The van der Waals surface area contributed by atoms with Gasteiger partial charge in [-0.05, 0) is 49.5 Å². The lowest BCUT2D eigenvalue weighted by molar-refractivity contribution is 0.0938. The maximum absolute atomic E-state index is 12.7. The molecule has 1 saturated heterocycles. The summed E-state index contributed by atoms with van der Waals surface area (Å²) in [5.41, 5.74) is 1.43. The number of thiazole rings is 1. The number of hydrogen-bond acceptors (Lipinski definition) is 6. The molecular formula is C26H41ClN4O2SSi. The Morgan fingerprint density at radius 3 is 2.54 bits per heavy atom. The summed E-state index contributed by atoms with van der Waals surface area (Å²) in [6.45, 7) is 17.4. The lowest BCUT2D eigenvalue weighted by atomic mass is 10.1. The number of amides is 1. The highest BCUT2D eigenvalue weighted by Gasteiger charge is 2.36. The molecule has 9 heteroatoms. The van der Waals surface area contributed by atoms with Crippen LogP contribution in [0.4, 0.5) is 5.13 Å². The van der Waals surface area contributed by atoms with Gasteiger partial charge in [-0.1, -0.05) is 56.6 Å². The van der Waals surface area contributed by atoms with E-state index in [1.165, 1.54) is 12.8 Å². The highest BCUT2D eigenvalue weighted by atomic mass is 35.5. The number of carbonyl (C=O) groups is 1. The first-order valence-corrected chi connectivity index (χ1v) is 17.2. The number of aromatic nitrogens is 1. The van der Waals surface area contributed by atoms with Gasteiger partial charge < -0.3 is 14.6 Å². The van der Waals surface area contributed by atoms with E-state index in [9.17, 15) is 4.79 Å². The molecule has 1 aliphatic heterocycles. The summed E-state index contributed by atoms with van der Waals surface area (Å²) in [6.07, 6.45) is 5.61. The molecule has 6 nitrogen and oxygen atoms in total. The molecule has 4 rings (SSSR count). The molecule has 0 unspecified atom stereocenters. The van der Waals surface area contributed by atoms with Gasteiger partial charge in [-0.2, -0.15) is 0 Å². The maximum atomic E-state index is 12.7. The topological polar surface area (TPSA) is 57.7 Å². The predicted octanol–water partition coefficient (Wildman–Crippen LogP) is 6.16. The minimum Gasteiger partial charge on any atom is -0.417 e. The summed E-state index contributed by atoms with van der Waals surface area (Å²) in [6, 6.07) is 4.01. The van der Waals surface area contributed by atoms with Crippen molar-refractivity contribution in [2.75, 3.05) is 44.2 Å². The molecule has 2 aliphatic rings. The number of hydrogen-bond donors (Lipinski definition) is 1. The van der Waals surface area contributed by atoms with Gasteiger partial charge in [0.05, 0.1) is 9.72 Å². The molecule has 1 aliphatic carbocycles. The van der Waals surface area contributed by atoms with Crippen molar-refractivity contribution in [2.45, 2.75) is 77.0 Å².